The van der Waals surface area contributed by atoms with E-state index in [4.69, 9.17) is 9.31 Å². The summed E-state index contributed by atoms with van der Waals surface area (Å²) in [6.07, 6.45) is 0. The van der Waals surface area contributed by atoms with Crippen LogP contribution in [0.25, 0.3) is 0 Å². The highest BCUT2D eigenvalue weighted by Gasteiger charge is 2.26. The Kier molecular flexibility index (Phi) is 4.40. The van der Waals surface area contributed by atoms with Crippen LogP contribution in [0.3, 0.4) is 0 Å². The summed E-state index contributed by atoms with van der Waals surface area (Å²) >= 11 is 0. The molecule has 108 valence electrons. The highest BCUT2D eigenvalue weighted by molar-refractivity contribution is 6.62. The van der Waals surface area contributed by atoms with Gasteiger partial charge in [-0.2, -0.15) is 0 Å². The zero-order valence-corrected chi connectivity index (χ0v) is 11.9. The van der Waals surface area contributed by atoms with E-state index in [2.05, 4.69) is 0 Å². The van der Waals surface area contributed by atoms with Crippen molar-refractivity contribution < 1.29 is 13.7 Å². The van der Waals surface area contributed by atoms with Gasteiger partial charge in [0.25, 0.3) is 0 Å². The Morgan fingerprint density at radius 2 is 1.05 bits per heavy atom. The quantitative estimate of drug-likeness (QED) is 0.668. The van der Waals surface area contributed by atoms with Gasteiger partial charge in [-0.3, -0.25) is 0 Å². The van der Waals surface area contributed by atoms with Gasteiger partial charge in [0, 0.05) is 5.46 Å². The first-order valence-corrected chi connectivity index (χ1v) is 7.00. The molecule has 0 spiro atoms. The third kappa shape index (κ3) is 3.67. The van der Waals surface area contributed by atoms with E-state index in [1.165, 1.54) is 12.1 Å². The van der Waals surface area contributed by atoms with Gasteiger partial charge >= 0.3 is 7.12 Å². The molecule has 0 unspecified atom stereocenters. The largest absolute Gasteiger partial charge is 0.632 e. The molecule has 0 aromatic heterocycles. The molecule has 3 aromatic rings. The number of para-hydroxylation sites is 2. The second-order valence-corrected chi connectivity index (χ2v) is 4.75. The van der Waals surface area contributed by atoms with Crippen LogP contribution in [0, 0.1) is 5.82 Å². The minimum absolute atomic E-state index is 0.290. The molecule has 0 saturated heterocycles. The first-order valence-electron chi connectivity index (χ1n) is 7.00. The van der Waals surface area contributed by atoms with E-state index in [0.29, 0.717) is 11.5 Å². The molecule has 0 fully saturated rings. The van der Waals surface area contributed by atoms with Crippen LogP contribution in [-0.4, -0.2) is 7.12 Å². The number of hydrogen-bond acceptors (Lipinski definition) is 2. The van der Waals surface area contributed by atoms with Crippen molar-refractivity contribution >= 4 is 12.6 Å². The van der Waals surface area contributed by atoms with E-state index in [0.717, 1.165) is 5.46 Å². The standard InChI is InChI=1S/C18H14BFO2/c20-16-13-11-15(12-14-16)19(21-17-7-3-1-4-8-17)22-18-9-5-2-6-10-18/h1-14H. The van der Waals surface area contributed by atoms with E-state index >= 15 is 0 Å². The molecule has 4 heteroatoms. The SMILES string of the molecule is Fc1ccc(B(Oc2ccccc2)Oc2ccccc2)cc1. The van der Waals surface area contributed by atoms with Crippen molar-refractivity contribution in [2.24, 2.45) is 0 Å². The Hall–Kier alpha value is -2.75. The Labute approximate surface area is 129 Å². The molecule has 0 bridgehead atoms. The summed E-state index contributed by atoms with van der Waals surface area (Å²) in [5.74, 6) is 1.09. The van der Waals surface area contributed by atoms with Crippen molar-refractivity contribution in [3.63, 3.8) is 0 Å². The summed E-state index contributed by atoms with van der Waals surface area (Å²) in [6.45, 7) is 0. The predicted molar refractivity (Wildman–Crippen MR) is 85.9 cm³/mol. The second-order valence-electron chi connectivity index (χ2n) is 4.75. The normalized spacial score (nSPS) is 10.0. The van der Waals surface area contributed by atoms with Crippen LogP contribution in [-0.2, 0) is 0 Å². The van der Waals surface area contributed by atoms with Crippen molar-refractivity contribution in [3.8, 4) is 11.5 Å². The van der Waals surface area contributed by atoms with Crippen molar-refractivity contribution in [3.05, 3.63) is 90.7 Å². The van der Waals surface area contributed by atoms with Gasteiger partial charge in [-0.15, -0.1) is 0 Å². The smallest absolute Gasteiger partial charge is 0.522 e. The lowest BCUT2D eigenvalue weighted by atomic mass is 9.78. The van der Waals surface area contributed by atoms with E-state index in [9.17, 15) is 4.39 Å². The lowest BCUT2D eigenvalue weighted by Gasteiger charge is -2.17. The molecule has 3 aromatic carbocycles. The lowest BCUT2D eigenvalue weighted by Crippen LogP contribution is -2.42. The number of halogens is 1. The van der Waals surface area contributed by atoms with Crippen LogP contribution in [0.4, 0.5) is 4.39 Å². The summed E-state index contributed by atoms with van der Waals surface area (Å²) < 4.78 is 24.9. The molecule has 22 heavy (non-hydrogen) atoms. The average molecular weight is 292 g/mol. The van der Waals surface area contributed by atoms with E-state index in [1.54, 1.807) is 12.1 Å². The van der Waals surface area contributed by atoms with Crippen molar-refractivity contribution in [1.29, 1.82) is 0 Å². The van der Waals surface area contributed by atoms with Crippen molar-refractivity contribution in [2.45, 2.75) is 0 Å². The lowest BCUT2D eigenvalue weighted by molar-refractivity contribution is 0.439. The molecular formula is C18H14BFO2. The summed E-state index contributed by atoms with van der Waals surface area (Å²) in [7, 11) is -0.648. The molecule has 0 aliphatic carbocycles. The van der Waals surface area contributed by atoms with Crippen molar-refractivity contribution in [2.75, 3.05) is 0 Å². The third-order valence-corrected chi connectivity index (χ3v) is 3.11. The zero-order chi connectivity index (χ0) is 15.2. The highest BCUT2D eigenvalue weighted by Crippen LogP contribution is 2.14. The fraction of sp³-hybridized carbons (Fsp3) is 0. The molecule has 3 rings (SSSR count). The topological polar surface area (TPSA) is 18.5 Å². The average Bonchev–Trinajstić information content (AvgIpc) is 2.57. The third-order valence-electron chi connectivity index (χ3n) is 3.11. The maximum Gasteiger partial charge on any atom is 0.632 e. The maximum atomic E-state index is 13.1. The van der Waals surface area contributed by atoms with Gasteiger partial charge in [0.1, 0.15) is 17.3 Å². The molecule has 0 heterocycles. The van der Waals surface area contributed by atoms with Crippen LogP contribution in [0.5, 0.6) is 11.5 Å². The molecule has 0 aliphatic rings. The minimum Gasteiger partial charge on any atom is -0.522 e. The predicted octanol–water partition coefficient (Wildman–Crippen LogP) is 3.68. The fourth-order valence-corrected chi connectivity index (χ4v) is 2.03. The van der Waals surface area contributed by atoms with Crippen LogP contribution in [0.1, 0.15) is 0 Å². The second kappa shape index (κ2) is 6.81. The molecular weight excluding hydrogens is 278 g/mol. The van der Waals surface area contributed by atoms with E-state index in [-0.39, 0.29) is 5.82 Å². The van der Waals surface area contributed by atoms with Crippen LogP contribution < -0.4 is 14.8 Å². The van der Waals surface area contributed by atoms with Crippen molar-refractivity contribution in [1.82, 2.24) is 0 Å². The zero-order valence-electron chi connectivity index (χ0n) is 11.9. The molecule has 0 amide bonds. The van der Waals surface area contributed by atoms with Crippen LogP contribution >= 0.6 is 0 Å². The monoisotopic (exact) mass is 292 g/mol. The molecule has 0 radical (unpaired) electrons. The van der Waals surface area contributed by atoms with Crippen LogP contribution in [0.15, 0.2) is 84.9 Å². The van der Waals surface area contributed by atoms with E-state index in [1.807, 2.05) is 60.7 Å². The van der Waals surface area contributed by atoms with Gasteiger partial charge in [-0.25, -0.2) is 4.39 Å². The Bertz CT molecular complexity index is 661. The summed E-state index contributed by atoms with van der Waals surface area (Å²) in [6, 6.07) is 24.9. The molecule has 0 atom stereocenters. The van der Waals surface area contributed by atoms with Crippen LogP contribution in [0.2, 0.25) is 0 Å². The highest BCUT2D eigenvalue weighted by atomic mass is 19.1. The first-order chi connectivity index (χ1) is 10.8. The number of benzene rings is 3. The van der Waals surface area contributed by atoms with Gasteiger partial charge in [-0.05, 0) is 36.4 Å². The van der Waals surface area contributed by atoms with Gasteiger partial charge in [-0.1, -0.05) is 48.5 Å². The molecule has 0 aliphatic heterocycles. The summed E-state index contributed by atoms with van der Waals surface area (Å²) in [4.78, 5) is 0. The molecule has 2 nitrogen and oxygen atoms in total. The van der Waals surface area contributed by atoms with Gasteiger partial charge in [0.2, 0.25) is 0 Å². The molecule has 0 saturated carbocycles. The number of rotatable bonds is 5. The summed E-state index contributed by atoms with van der Waals surface area (Å²) in [5.41, 5.74) is 0.745. The Balaban J connectivity index is 1.86. The minimum atomic E-state index is -0.648. The van der Waals surface area contributed by atoms with Gasteiger partial charge in [0.05, 0.1) is 0 Å². The Morgan fingerprint density at radius 3 is 1.50 bits per heavy atom. The summed E-state index contributed by atoms with van der Waals surface area (Å²) in [5, 5.41) is 0. The maximum absolute atomic E-state index is 13.1. The fourth-order valence-electron chi connectivity index (χ4n) is 2.03. The number of hydrogen-bond donors (Lipinski definition) is 0. The molecule has 0 N–H and O–H groups in total. The Morgan fingerprint density at radius 1 is 0.591 bits per heavy atom. The van der Waals surface area contributed by atoms with Gasteiger partial charge < -0.3 is 9.31 Å². The van der Waals surface area contributed by atoms with Gasteiger partial charge in [0.15, 0.2) is 0 Å². The first kappa shape index (κ1) is 14.2. The van der Waals surface area contributed by atoms with E-state index < -0.39 is 7.12 Å².